The average Bonchev–Trinajstić information content (AvgIpc) is 2.46. The fourth-order valence-corrected chi connectivity index (χ4v) is 1.95. The molecule has 20 heavy (non-hydrogen) atoms. The van der Waals surface area contributed by atoms with Crippen LogP contribution in [0, 0.1) is 6.92 Å². The highest BCUT2D eigenvalue weighted by Crippen LogP contribution is 2.09. The quantitative estimate of drug-likeness (QED) is 0.876. The van der Waals surface area contributed by atoms with Crippen LogP contribution in [0.15, 0.2) is 42.6 Å². The zero-order valence-electron chi connectivity index (χ0n) is 11.6. The minimum atomic E-state index is -0.0282. The standard InChI is InChI=1S/C16H19N3O/c1-12-3-2-4-13(9-12)6-8-16(20)19-15-7-5-14(10-17)11-18-15/h2-5,7,9,11H,6,8,10,17H2,1H3,(H,18,19,20). The molecule has 0 saturated carbocycles. The molecule has 1 aromatic carbocycles. The van der Waals surface area contributed by atoms with E-state index in [2.05, 4.69) is 16.4 Å². The number of aromatic nitrogens is 1. The molecule has 2 aromatic rings. The number of hydrogen-bond donors (Lipinski definition) is 2. The van der Waals surface area contributed by atoms with E-state index in [1.165, 1.54) is 11.1 Å². The lowest BCUT2D eigenvalue weighted by Gasteiger charge is -2.05. The van der Waals surface area contributed by atoms with Gasteiger partial charge in [-0.2, -0.15) is 0 Å². The molecule has 104 valence electrons. The fourth-order valence-electron chi connectivity index (χ4n) is 1.95. The number of rotatable bonds is 5. The Morgan fingerprint density at radius 3 is 2.75 bits per heavy atom. The number of anilines is 1. The number of pyridine rings is 1. The molecule has 0 aliphatic carbocycles. The zero-order chi connectivity index (χ0) is 14.4. The minimum absolute atomic E-state index is 0.0282. The number of hydrogen-bond acceptors (Lipinski definition) is 3. The molecule has 0 fully saturated rings. The van der Waals surface area contributed by atoms with Gasteiger partial charge in [0.15, 0.2) is 0 Å². The predicted molar refractivity (Wildman–Crippen MR) is 80.3 cm³/mol. The van der Waals surface area contributed by atoms with Crippen LogP contribution in [-0.4, -0.2) is 10.9 Å². The van der Waals surface area contributed by atoms with Crippen LogP contribution in [0.25, 0.3) is 0 Å². The van der Waals surface area contributed by atoms with E-state index in [4.69, 9.17) is 5.73 Å². The molecule has 0 radical (unpaired) electrons. The molecule has 0 atom stereocenters. The molecule has 2 rings (SSSR count). The van der Waals surface area contributed by atoms with Gasteiger partial charge in [-0.25, -0.2) is 4.98 Å². The smallest absolute Gasteiger partial charge is 0.225 e. The third kappa shape index (κ3) is 4.17. The Bertz CT molecular complexity index is 579. The van der Waals surface area contributed by atoms with Gasteiger partial charge in [0.25, 0.3) is 0 Å². The van der Waals surface area contributed by atoms with Crippen molar-refractivity contribution in [2.45, 2.75) is 26.3 Å². The maximum absolute atomic E-state index is 11.8. The van der Waals surface area contributed by atoms with E-state index < -0.39 is 0 Å². The fraction of sp³-hybridized carbons (Fsp3) is 0.250. The van der Waals surface area contributed by atoms with E-state index in [1.54, 1.807) is 12.3 Å². The molecule has 4 nitrogen and oxygen atoms in total. The first kappa shape index (κ1) is 14.2. The zero-order valence-corrected chi connectivity index (χ0v) is 11.6. The van der Waals surface area contributed by atoms with Crippen molar-refractivity contribution in [3.63, 3.8) is 0 Å². The largest absolute Gasteiger partial charge is 0.326 e. The highest BCUT2D eigenvalue weighted by atomic mass is 16.1. The molecule has 4 heteroatoms. The van der Waals surface area contributed by atoms with Gasteiger partial charge in [-0.15, -0.1) is 0 Å². The van der Waals surface area contributed by atoms with Gasteiger partial charge in [0.1, 0.15) is 5.82 Å². The second-order valence-corrected chi connectivity index (χ2v) is 4.79. The molecule has 1 amide bonds. The van der Waals surface area contributed by atoms with E-state index in [0.29, 0.717) is 18.8 Å². The van der Waals surface area contributed by atoms with Crippen molar-refractivity contribution in [1.29, 1.82) is 0 Å². The van der Waals surface area contributed by atoms with E-state index >= 15 is 0 Å². The van der Waals surface area contributed by atoms with Crippen LogP contribution in [0.4, 0.5) is 5.82 Å². The third-order valence-electron chi connectivity index (χ3n) is 3.05. The first-order valence-electron chi connectivity index (χ1n) is 6.68. The summed E-state index contributed by atoms with van der Waals surface area (Å²) in [6.07, 6.45) is 2.86. The monoisotopic (exact) mass is 269 g/mol. The number of carbonyl (C=O) groups is 1. The third-order valence-corrected chi connectivity index (χ3v) is 3.05. The Labute approximate surface area is 119 Å². The summed E-state index contributed by atoms with van der Waals surface area (Å²) in [5.41, 5.74) is 8.83. The Morgan fingerprint density at radius 1 is 1.25 bits per heavy atom. The summed E-state index contributed by atoms with van der Waals surface area (Å²) in [4.78, 5) is 16.0. The average molecular weight is 269 g/mol. The number of nitrogens with two attached hydrogens (primary N) is 1. The van der Waals surface area contributed by atoms with E-state index in [-0.39, 0.29) is 5.91 Å². The number of aryl methyl sites for hydroxylation is 2. The van der Waals surface area contributed by atoms with Gasteiger partial charge in [0, 0.05) is 19.2 Å². The van der Waals surface area contributed by atoms with Gasteiger partial charge in [0.05, 0.1) is 0 Å². The summed E-state index contributed by atoms with van der Waals surface area (Å²) in [7, 11) is 0. The van der Waals surface area contributed by atoms with Crippen LogP contribution in [0.3, 0.4) is 0 Å². The Morgan fingerprint density at radius 2 is 2.10 bits per heavy atom. The van der Waals surface area contributed by atoms with E-state index in [0.717, 1.165) is 12.0 Å². The second-order valence-electron chi connectivity index (χ2n) is 4.79. The van der Waals surface area contributed by atoms with Crippen molar-refractivity contribution >= 4 is 11.7 Å². The van der Waals surface area contributed by atoms with Gasteiger partial charge in [-0.3, -0.25) is 4.79 Å². The summed E-state index contributed by atoms with van der Waals surface area (Å²) >= 11 is 0. The van der Waals surface area contributed by atoms with E-state index in [9.17, 15) is 4.79 Å². The van der Waals surface area contributed by atoms with Gasteiger partial charge in [0.2, 0.25) is 5.91 Å². The highest BCUT2D eigenvalue weighted by molar-refractivity contribution is 5.89. The van der Waals surface area contributed by atoms with Gasteiger partial charge in [-0.05, 0) is 30.5 Å². The van der Waals surface area contributed by atoms with E-state index in [1.807, 2.05) is 31.2 Å². The molecule has 0 saturated heterocycles. The Hall–Kier alpha value is -2.20. The van der Waals surface area contributed by atoms with Gasteiger partial charge < -0.3 is 11.1 Å². The molecule has 0 spiro atoms. The topological polar surface area (TPSA) is 68.0 Å². The molecule has 1 aromatic heterocycles. The summed E-state index contributed by atoms with van der Waals surface area (Å²) in [6, 6.07) is 11.8. The SMILES string of the molecule is Cc1cccc(CCC(=O)Nc2ccc(CN)cn2)c1. The van der Waals surface area contributed by atoms with Crippen molar-refractivity contribution < 1.29 is 4.79 Å². The van der Waals surface area contributed by atoms with Crippen LogP contribution < -0.4 is 11.1 Å². The summed E-state index contributed by atoms with van der Waals surface area (Å²) in [5.74, 6) is 0.538. The molecule has 0 aliphatic rings. The summed E-state index contributed by atoms with van der Waals surface area (Å²) in [5, 5.41) is 2.79. The summed E-state index contributed by atoms with van der Waals surface area (Å²) < 4.78 is 0. The maximum Gasteiger partial charge on any atom is 0.225 e. The predicted octanol–water partition coefficient (Wildman–Crippen LogP) is 2.42. The van der Waals surface area contributed by atoms with Crippen LogP contribution in [0.1, 0.15) is 23.1 Å². The number of amides is 1. The lowest BCUT2D eigenvalue weighted by Crippen LogP contribution is -2.13. The molecule has 0 unspecified atom stereocenters. The number of benzene rings is 1. The molecule has 1 heterocycles. The van der Waals surface area contributed by atoms with Crippen molar-refractivity contribution in [1.82, 2.24) is 4.98 Å². The Kier molecular flexibility index (Phi) is 4.85. The van der Waals surface area contributed by atoms with Gasteiger partial charge in [-0.1, -0.05) is 35.9 Å². The highest BCUT2D eigenvalue weighted by Gasteiger charge is 2.04. The van der Waals surface area contributed by atoms with Crippen molar-refractivity contribution in [3.8, 4) is 0 Å². The van der Waals surface area contributed by atoms with Crippen molar-refractivity contribution in [2.24, 2.45) is 5.73 Å². The Balaban J connectivity index is 1.85. The van der Waals surface area contributed by atoms with Crippen molar-refractivity contribution in [3.05, 3.63) is 59.3 Å². The number of carbonyl (C=O) groups excluding carboxylic acids is 1. The number of nitrogens with zero attached hydrogens (tertiary/aromatic N) is 1. The van der Waals surface area contributed by atoms with Crippen molar-refractivity contribution in [2.75, 3.05) is 5.32 Å². The number of nitrogens with one attached hydrogen (secondary N) is 1. The molecular formula is C16H19N3O. The lowest BCUT2D eigenvalue weighted by atomic mass is 10.1. The molecule has 3 N–H and O–H groups in total. The van der Waals surface area contributed by atoms with Gasteiger partial charge >= 0.3 is 0 Å². The van der Waals surface area contributed by atoms with Crippen LogP contribution in [0.2, 0.25) is 0 Å². The normalized spacial score (nSPS) is 10.3. The maximum atomic E-state index is 11.8. The second kappa shape index (κ2) is 6.82. The summed E-state index contributed by atoms with van der Waals surface area (Å²) in [6.45, 7) is 2.50. The molecule has 0 bridgehead atoms. The van der Waals surface area contributed by atoms with Crippen LogP contribution >= 0.6 is 0 Å². The first-order valence-corrected chi connectivity index (χ1v) is 6.68. The van der Waals surface area contributed by atoms with Crippen LogP contribution in [-0.2, 0) is 17.8 Å². The van der Waals surface area contributed by atoms with Crippen LogP contribution in [0.5, 0.6) is 0 Å². The lowest BCUT2D eigenvalue weighted by molar-refractivity contribution is -0.116. The minimum Gasteiger partial charge on any atom is -0.326 e. The molecular weight excluding hydrogens is 250 g/mol. The molecule has 0 aliphatic heterocycles. The first-order chi connectivity index (χ1) is 9.67.